The van der Waals surface area contributed by atoms with E-state index < -0.39 is 0 Å². The number of methoxy groups -OCH3 is 1. The number of likely N-dealkylation sites (tertiary alicyclic amines) is 1. The van der Waals surface area contributed by atoms with Crippen LogP contribution in [0, 0.1) is 6.57 Å². The largest absolute Gasteiger partial charge is 0.498 e. The highest BCUT2D eigenvalue weighted by molar-refractivity contribution is 6.30. The molecule has 0 bridgehead atoms. The SMILES string of the molecule is [C-]#[N+]c1cc(Cl)ccc1OCc1cc(OC2CCN(Cc3nc4ccc(C(=O)OC)cc4n3Cc3cncn3CC)C(C)(C)C2)ccn1. The Morgan fingerprint density at radius 2 is 2.00 bits per heavy atom. The van der Waals surface area contributed by atoms with Gasteiger partial charge in [-0.05, 0) is 69.7 Å². The molecule has 1 unspecified atom stereocenters. The van der Waals surface area contributed by atoms with Crippen LogP contribution in [-0.2, 0) is 31.0 Å². The van der Waals surface area contributed by atoms with Crippen LogP contribution in [0.3, 0.4) is 0 Å². The lowest BCUT2D eigenvalue weighted by Crippen LogP contribution is -2.52. The van der Waals surface area contributed by atoms with E-state index in [4.69, 9.17) is 37.4 Å². The van der Waals surface area contributed by atoms with E-state index in [0.29, 0.717) is 40.8 Å². The number of rotatable bonds is 11. The standard InChI is InChI=1S/C36H38ClN7O4/c1-6-42-23-39-19-27(42)20-44-32-15-24(35(45)46-5)7-9-30(32)41-34(44)21-43-14-12-29(18-36(43,2)3)48-28-11-13-40-26(17-28)22-47-33-10-8-25(37)16-31(33)38-4/h7-11,13,15-17,19,23,29H,6,12,14,18,20-22H2,1-3,5H3. The average molecular weight is 668 g/mol. The molecular formula is C36H38ClN7O4. The van der Waals surface area contributed by atoms with Crippen molar-refractivity contribution in [2.24, 2.45) is 0 Å². The van der Waals surface area contributed by atoms with Crippen LogP contribution in [0.5, 0.6) is 11.5 Å². The zero-order chi connectivity index (χ0) is 33.8. The summed E-state index contributed by atoms with van der Waals surface area (Å²) < 4.78 is 21.7. The molecule has 0 N–H and O–H groups in total. The number of aromatic nitrogens is 5. The van der Waals surface area contributed by atoms with Gasteiger partial charge in [0.15, 0.2) is 0 Å². The Hall–Kier alpha value is -4.92. The number of aryl methyl sites for hydroxylation is 1. The molecule has 1 atom stereocenters. The first-order chi connectivity index (χ1) is 23.2. The maximum Gasteiger partial charge on any atom is 0.337 e. The molecule has 1 fully saturated rings. The van der Waals surface area contributed by atoms with E-state index in [1.165, 1.54) is 7.11 Å². The summed E-state index contributed by atoms with van der Waals surface area (Å²) >= 11 is 6.02. The minimum atomic E-state index is -0.377. The van der Waals surface area contributed by atoms with Crippen molar-refractivity contribution in [3.05, 3.63) is 106 Å². The first kappa shape index (κ1) is 33.0. The van der Waals surface area contributed by atoms with E-state index in [2.05, 4.69) is 49.6 Å². The molecule has 6 rings (SSSR count). The monoisotopic (exact) mass is 667 g/mol. The van der Waals surface area contributed by atoms with E-state index in [1.807, 2.05) is 36.8 Å². The van der Waals surface area contributed by atoms with E-state index in [0.717, 1.165) is 54.2 Å². The van der Waals surface area contributed by atoms with Gasteiger partial charge in [0.05, 0.1) is 61.1 Å². The molecule has 1 aliphatic heterocycles. The molecule has 2 aromatic carbocycles. The molecule has 0 spiro atoms. The average Bonchev–Trinajstić information content (AvgIpc) is 3.68. The van der Waals surface area contributed by atoms with Gasteiger partial charge in [-0.15, -0.1) is 0 Å². The number of carbonyl (C=O) groups excluding carboxylic acids is 1. The summed E-state index contributed by atoms with van der Waals surface area (Å²) in [5.41, 5.74) is 4.14. The molecule has 0 amide bonds. The van der Waals surface area contributed by atoms with E-state index >= 15 is 0 Å². The van der Waals surface area contributed by atoms with Crippen molar-refractivity contribution < 1.29 is 19.0 Å². The topological polar surface area (TPSA) is 101 Å². The number of benzene rings is 2. The van der Waals surface area contributed by atoms with Crippen LogP contribution in [0.15, 0.2) is 67.3 Å². The molecule has 12 heteroatoms. The van der Waals surface area contributed by atoms with E-state index in [9.17, 15) is 4.79 Å². The van der Waals surface area contributed by atoms with Crippen LogP contribution in [-0.4, -0.2) is 60.3 Å². The second kappa shape index (κ2) is 14.1. The lowest BCUT2D eigenvalue weighted by atomic mass is 9.88. The number of pyridine rings is 1. The Bertz CT molecular complexity index is 1980. The molecule has 1 aliphatic rings. The zero-order valence-corrected chi connectivity index (χ0v) is 28.3. The number of ether oxygens (including phenoxy) is 3. The summed E-state index contributed by atoms with van der Waals surface area (Å²) in [6.45, 7) is 17.0. The molecule has 48 heavy (non-hydrogen) atoms. The van der Waals surface area contributed by atoms with Crippen molar-refractivity contribution in [1.29, 1.82) is 0 Å². The molecule has 0 radical (unpaired) electrons. The van der Waals surface area contributed by atoms with Gasteiger partial charge in [-0.2, -0.15) is 0 Å². The fraction of sp³-hybridized carbons (Fsp3) is 0.361. The van der Waals surface area contributed by atoms with E-state index in [1.54, 1.807) is 30.5 Å². The molecule has 1 saturated heterocycles. The summed E-state index contributed by atoms with van der Waals surface area (Å²) in [5.74, 6) is 1.74. The van der Waals surface area contributed by atoms with Gasteiger partial charge in [-0.25, -0.2) is 19.6 Å². The normalized spacial score (nSPS) is 16.0. The van der Waals surface area contributed by atoms with Gasteiger partial charge in [0.25, 0.3) is 0 Å². The van der Waals surface area contributed by atoms with Crippen LogP contribution >= 0.6 is 11.6 Å². The number of nitrogens with zero attached hydrogens (tertiary/aromatic N) is 7. The van der Waals surface area contributed by atoms with Gasteiger partial charge in [0, 0.05) is 48.5 Å². The first-order valence-corrected chi connectivity index (χ1v) is 16.3. The Kier molecular flexibility index (Phi) is 9.66. The molecule has 11 nitrogen and oxygen atoms in total. The Balaban J connectivity index is 1.16. The number of imidazole rings is 2. The molecule has 5 aromatic rings. The maximum atomic E-state index is 12.4. The third kappa shape index (κ3) is 7.15. The highest BCUT2D eigenvalue weighted by atomic mass is 35.5. The van der Waals surface area contributed by atoms with Crippen molar-refractivity contribution in [1.82, 2.24) is 29.0 Å². The fourth-order valence-corrected chi connectivity index (χ4v) is 6.42. The molecule has 248 valence electrons. The number of halogens is 1. The minimum Gasteiger partial charge on any atom is -0.498 e. The van der Waals surface area contributed by atoms with Crippen molar-refractivity contribution >= 4 is 34.3 Å². The van der Waals surface area contributed by atoms with Gasteiger partial charge in [0.2, 0.25) is 5.69 Å². The number of esters is 1. The summed E-state index contributed by atoms with van der Waals surface area (Å²) in [4.78, 5) is 32.2. The Labute approximate surface area is 284 Å². The second-order valence-electron chi connectivity index (χ2n) is 12.4. The Morgan fingerprint density at radius 1 is 1.15 bits per heavy atom. The maximum absolute atomic E-state index is 12.4. The third-order valence-corrected chi connectivity index (χ3v) is 9.09. The number of piperidine rings is 1. The van der Waals surface area contributed by atoms with E-state index in [-0.39, 0.29) is 24.2 Å². The molecule has 3 aromatic heterocycles. The summed E-state index contributed by atoms with van der Waals surface area (Å²) in [6.07, 6.45) is 7.10. The van der Waals surface area contributed by atoms with Gasteiger partial charge >= 0.3 is 5.97 Å². The number of hydrogen-bond acceptors (Lipinski definition) is 8. The summed E-state index contributed by atoms with van der Waals surface area (Å²) in [6, 6.07) is 14.2. The van der Waals surface area contributed by atoms with Crippen LogP contribution in [0.25, 0.3) is 15.9 Å². The minimum absolute atomic E-state index is 0.0118. The van der Waals surface area contributed by atoms with Crippen LogP contribution < -0.4 is 9.47 Å². The highest BCUT2D eigenvalue weighted by Crippen LogP contribution is 2.34. The number of hydrogen-bond donors (Lipinski definition) is 0. The molecule has 0 saturated carbocycles. The van der Waals surface area contributed by atoms with Gasteiger partial charge < -0.3 is 23.3 Å². The van der Waals surface area contributed by atoms with Crippen LogP contribution in [0.2, 0.25) is 5.02 Å². The summed E-state index contributed by atoms with van der Waals surface area (Å²) in [5, 5.41) is 0.490. The quantitative estimate of drug-likeness (QED) is 0.109. The van der Waals surface area contributed by atoms with Crippen molar-refractivity contribution in [2.45, 2.75) is 71.5 Å². The molecular weight excluding hydrogens is 630 g/mol. The smallest absolute Gasteiger partial charge is 0.337 e. The predicted octanol–water partition coefficient (Wildman–Crippen LogP) is 7.09. The van der Waals surface area contributed by atoms with Crippen molar-refractivity contribution in [3.63, 3.8) is 0 Å². The molecule has 4 heterocycles. The first-order valence-electron chi connectivity index (χ1n) is 15.9. The highest BCUT2D eigenvalue weighted by Gasteiger charge is 2.36. The third-order valence-electron chi connectivity index (χ3n) is 8.85. The molecule has 0 aliphatic carbocycles. The van der Waals surface area contributed by atoms with Crippen LogP contribution in [0.1, 0.15) is 61.2 Å². The fourth-order valence-electron chi connectivity index (χ4n) is 6.25. The predicted molar refractivity (Wildman–Crippen MR) is 182 cm³/mol. The van der Waals surface area contributed by atoms with Gasteiger partial charge in [-0.3, -0.25) is 9.88 Å². The van der Waals surface area contributed by atoms with Crippen molar-refractivity contribution in [2.75, 3.05) is 13.7 Å². The van der Waals surface area contributed by atoms with Crippen LogP contribution in [0.4, 0.5) is 5.69 Å². The zero-order valence-electron chi connectivity index (χ0n) is 27.5. The lowest BCUT2D eigenvalue weighted by molar-refractivity contribution is 0.00146. The van der Waals surface area contributed by atoms with Gasteiger partial charge in [0.1, 0.15) is 30.0 Å². The van der Waals surface area contributed by atoms with Gasteiger partial charge in [-0.1, -0.05) is 11.6 Å². The number of fused-ring (bicyclic) bond motifs is 1. The van der Waals surface area contributed by atoms with Crippen molar-refractivity contribution in [3.8, 4) is 11.5 Å². The Morgan fingerprint density at radius 3 is 2.77 bits per heavy atom. The second-order valence-corrected chi connectivity index (χ2v) is 12.9. The lowest BCUT2D eigenvalue weighted by Gasteiger charge is -2.45. The number of carbonyl (C=O) groups is 1. The summed E-state index contributed by atoms with van der Waals surface area (Å²) in [7, 11) is 1.39.